The van der Waals surface area contributed by atoms with Gasteiger partial charge in [-0.2, -0.15) is 0 Å². The van der Waals surface area contributed by atoms with E-state index in [4.69, 9.17) is 16.6 Å². The van der Waals surface area contributed by atoms with Gasteiger partial charge >= 0.3 is 0 Å². The zero-order chi connectivity index (χ0) is 18.1. The summed E-state index contributed by atoms with van der Waals surface area (Å²) >= 11 is 9.14. The van der Waals surface area contributed by atoms with Crippen molar-refractivity contribution >= 4 is 44.9 Å². The molecule has 0 amide bonds. The first kappa shape index (κ1) is 17.3. The highest BCUT2D eigenvalue weighted by atomic mass is 35.5. The van der Waals surface area contributed by atoms with Gasteiger partial charge in [-0.1, -0.05) is 53.7 Å². The predicted octanol–water partition coefficient (Wildman–Crippen LogP) is 5.70. The summed E-state index contributed by atoms with van der Waals surface area (Å²) in [5.74, 6) is 0.746. The molecule has 0 aliphatic carbocycles. The van der Waals surface area contributed by atoms with Gasteiger partial charge in [0.1, 0.15) is 4.70 Å². The molecule has 4 aromatic rings. The van der Waals surface area contributed by atoms with Gasteiger partial charge in [0, 0.05) is 10.8 Å². The molecule has 4 rings (SSSR count). The van der Waals surface area contributed by atoms with E-state index in [-0.39, 0.29) is 5.56 Å². The van der Waals surface area contributed by atoms with Crippen LogP contribution in [-0.4, -0.2) is 9.55 Å². The molecule has 0 spiro atoms. The van der Waals surface area contributed by atoms with Gasteiger partial charge in [-0.25, -0.2) is 4.98 Å². The van der Waals surface area contributed by atoms with Crippen LogP contribution in [0.4, 0.5) is 0 Å². The Hall–Kier alpha value is -2.08. The second-order valence-corrected chi connectivity index (χ2v) is 8.14. The zero-order valence-corrected chi connectivity index (χ0v) is 16.4. The van der Waals surface area contributed by atoms with Crippen LogP contribution in [0, 0.1) is 6.92 Å². The van der Waals surface area contributed by atoms with Gasteiger partial charge in [0.25, 0.3) is 5.56 Å². The largest absolute Gasteiger partial charge is 0.276 e. The van der Waals surface area contributed by atoms with Crippen LogP contribution in [-0.2, 0) is 5.75 Å². The van der Waals surface area contributed by atoms with Crippen LogP contribution in [0.15, 0.2) is 69.9 Å². The van der Waals surface area contributed by atoms with Crippen LogP contribution in [0.2, 0.25) is 5.02 Å². The molecule has 2 heterocycles. The minimum absolute atomic E-state index is 0.0396. The fourth-order valence-electron chi connectivity index (χ4n) is 2.71. The van der Waals surface area contributed by atoms with Crippen LogP contribution in [0.1, 0.15) is 11.1 Å². The van der Waals surface area contributed by atoms with Crippen molar-refractivity contribution in [2.24, 2.45) is 0 Å². The van der Waals surface area contributed by atoms with E-state index in [1.54, 1.807) is 16.3 Å². The number of aromatic nitrogens is 2. The van der Waals surface area contributed by atoms with E-state index in [1.807, 2.05) is 54.8 Å². The summed E-state index contributed by atoms with van der Waals surface area (Å²) in [6, 6.07) is 17.7. The molecule has 6 heteroatoms. The Kier molecular flexibility index (Phi) is 4.85. The zero-order valence-electron chi connectivity index (χ0n) is 14.0. The lowest BCUT2D eigenvalue weighted by Gasteiger charge is -2.13. The molecule has 0 saturated carbocycles. The molecule has 0 atom stereocenters. The molecule has 2 aromatic heterocycles. The number of thioether (sulfide) groups is 1. The molecule has 26 heavy (non-hydrogen) atoms. The number of hydrogen-bond donors (Lipinski definition) is 0. The lowest BCUT2D eigenvalue weighted by molar-refractivity contribution is 0.821. The first-order chi connectivity index (χ1) is 12.6. The molecule has 0 bridgehead atoms. The maximum absolute atomic E-state index is 13.1. The average Bonchev–Trinajstić information content (AvgIpc) is 3.12. The van der Waals surface area contributed by atoms with Crippen LogP contribution < -0.4 is 5.56 Å². The van der Waals surface area contributed by atoms with Crippen molar-refractivity contribution in [3.8, 4) is 5.69 Å². The molecule has 0 saturated heterocycles. The maximum Gasteiger partial charge on any atom is 0.276 e. The highest BCUT2D eigenvalue weighted by Gasteiger charge is 2.15. The van der Waals surface area contributed by atoms with Crippen molar-refractivity contribution in [3.63, 3.8) is 0 Å². The van der Waals surface area contributed by atoms with E-state index < -0.39 is 0 Å². The Morgan fingerprint density at radius 2 is 1.96 bits per heavy atom. The Bertz CT molecular complexity index is 1140. The van der Waals surface area contributed by atoms with Gasteiger partial charge in [-0.05, 0) is 47.7 Å². The summed E-state index contributed by atoms with van der Waals surface area (Å²) < 4.78 is 2.36. The number of halogens is 1. The Balaban J connectivity index is 1.84. The van der Waals surface area contributed by atoms with Gasteiger partial charge in [-0.3, -0.25) is 9.36 Å². The lowest BCUT2D eigenvalue weighted by atomic mass is 10.2. The topological polar surface area (TPSA) is 34.9 Å². The minimum Gasteiger partial charge on any atom is -0.267 e. The normalized spacial score (nSPS) is 11.2. The number of aryl methyl sites for hydroxylation is 1. The average molecular weight is 399 g/mol. The number of benzene rings is 2. The fraction of sp³-hybridized carbons (Fsp3) is 0.100. The van der Waals surface area contributed by atoms with Crippen molar-refractivity contribution in [1.82, 2.24) is 9.55 Å². The molecule has 0 aliphatic heterocycles. The van der Waals surface area contributed by atoms with E-state index in [0.717, 1.165) is 22.5 Å². The first-order valence-electron chi connectivity index (χ1n) is 8.07. The summed E-state index contributed by atoms with van der Waals surface area (Å²) in [4.78, 5) is 17.8. The van der Waals surface area contributed by atoms with Crippen molar-refractivity contribution in [1.29, 1.82) is 0 Å². The molecule has 0 unspecified atom stereocenters. The van der Waals surface area contributed by atoms with E-state index in [1.165, 1.54) is 16.9 Å². The van der Waals surface area contributed by atoms with Crippen LogP contribution >= 0.6 is 34.7 Å². The summed E-state index contributed by atoms with van der Waals surface area (Å²) in [6.45, 7) is 1.94. The quantitative estimate of drug-likeness (QED) is 0.326. The SMILES string of the molecule is Cc1cc(-n2c(SCc3ccccc3)nc3ccsc3c2=O)ccc1Cl. The Morgan fingerprint density at radius 3 is 2.73 bits per heavy atom. The van der Waals surface area contributed by atoms with Crippen molar-refractivity contribution in [2.45, 2.75) is 17.8 Å². The van der Waals surface area contributed by atoms with Crippen LogP contribution in [0.3, 0.4) is 0 Å². The number of rotatable bonds is 4. The standard InChI is InChI=1S/C20H15ClN2OS2/c1-13-11-15(7-8-16(13)21)23-19(24)18-17(9-10-25-18)22-20(23)26-12-14-5-3-2-4-6-14/h2-11H,12H2,1H3. The molecule has 0 N–H and O–H groups in total. The third-order valence-electron chi connectivity index (χ3n) is 4.06. The minimum atomic E-state index is -0.0396. The highest BCUT2D eigenvalue weighted by Crippen LogP contribution is 2.27. The molecule has 3 nitrogen and oxygen atoms in total. The molecule has 130 valence electrons. The second kappa shape index (κ2) is 7.27. The van der Waals surface area contributed by atoms with Crippen molar-refractivity contribution in [3.05, 3.63) is 86.5 Å². The summed E-state index contributed by atoms with van der Waals surface area (Å²) in [5, 5.41) is 3.28. The third-order valence-corrected chi connectivity index (χ3v) is 6.39. The van der Waals surface area contributed by atoms with Gasteiger partial charge in [0.15, 0.2) is 5.16 Å². The number of fused-ring (bicyclic) bond motifs is 1. The first-order valence-corrected chi connectivity index (χ1v) is 10.3. The van der Waals surface area contributed by atoms with Gasteiger partial charge < -0.3 is 0 Å². The Labute approximate surface area is 164 Å². The predicted molar refractivity (Wildman–Crippen MR) is 111 cm³/mol. The van der Waals surface area contributed by atoms with E-state index >= 15 is 0 Å². The summed E-state index contributed by atoms with van der Waals surface area (Å²) in [7, 11) is 0. The molecule has 0 fully saturated rings. The van der Waals surface area contributed by atoms with Crippen molar-refractivity contribution < 1.29 is 0 Å². The van der Waals surface area contributed by atoms with Crippen LogP contribution in [0.25, 0.3) is 15.9 Å². The van der Waals surface area contributed by atoms with Crippen molar-refractivity contribution in [2.75, 3.05) is 0 Å². The highest BCUT2D eigenvalue weighted by molar-refractivity contribution is 7.98. The molecule has 0 aliphatic rings. The number of nitrogens with zero attached hydrogens (tertiary/aromatic N) is 2. The fourth-order valence-corrected chi connectivity index (χ4v) is 4.55. The monoisotopic (exact) mass is 398 g/mol. The van der Waals surface area contributed by atoms with Crippen LogP contribution in [0.5, 0.6) is 0 Å². The molecular weight excluding hydrogens is 384 g/mol. The maximum atomic E-state index is 13.1. The van der Waals surface area contributed by atoms with Gasteiger partial charge in [-0.15, -0.1) is 11.3 Å². The summed E-state index contributed by atoms with van der Waals surface area (Å²) in [5.41, 5.74) is 3.62. The lowest BCUT2D eigenvalue weighted by Crippen LogP contribution is -2.21. The van der Waals surface area contributed by atoms with E-state index in [0.29, 0.717) is 14.9 Å². The number of hydrogen-bond acceptors (Lipinski definition) is 4. The third kappa shape index (κ3) is 3.30. The van der Waals surface area contributed by atoms with Gasteiger partial charge in [0.05, 0.1) is 11.2 Å². The Morgan fingerprint density at radius 1 is 1.15 bits per heavy atom. The smallest absolute Gasteiger partial charge is 0.267 e. The molecule has 2 aromatic carbocycles. The molecular formula is C20H15ClN2OS2. The van der Waals surface area contributed by atoms with Gasteiger partial charge in [0.2, 0.25) is 0 Å². The second-order valence-electron chi connectivity index (χ2n) is 5.88. The van der Waals surface area contributed by atoms with E-state index in [2.05, 4.69) is 12.1 Å². The molecule has 0 radical (unpaired) electrons. The summed E-state index contributed by atoms with van der Waals surface area (Å²) in [6.07, 6.45) is 0. The number of thiophene rings is 1. The van der Waals surface area contributed by atoms with E-state index in [9.17, 15) is 4.79 Å².